The predicted octanol–water partition coefficient (Wildman–Crippen LogP) is 6.89. The maximum absolute atomic E-state index is 13.9. The molecule has 196 valence electrons. The summed E-state index contributed by atoms with van der Waals surface area (Å²) in [5.74, 6) is 1.35. The number of halogens is 1. The van der Waals surface area contributed by atoms with Gasteiger partial charge in [0.1, 0.15) is 11.3 Å². The maximum Gasteiger partial charge on any atom is 0.295 e. The Morgan fingerprint density at radius 1 is 0.947 bits per heavy atom. The third-order valence-electron chi connectivity index (χ3n) is 6.67. The number of hydrogen-bond donors (Lipinski definition) is 0. The Bertz CT molecular complexity index is 1560. The van der Waals surface area contributed by atoms with Gasteiger partial charge in [-0.2, -0.15) is 0 Å². The smallest absolute Gasteiger partial charge is 0.295 e. The first-order valence-corrected chi connectivity index (χ1v) is 13.3. The number of carbonyl (C=O) groups excluding carboxylic acids is 1. The quantitative estimate of drug-likeness (QED) is 0.201. The van der Waals surface area contributed by atoms with Crippen LogP contribution in [0.15, 0.2) is 74.3 Å². The van der Waals surface area contributed by atoms with Crippen LogP contribution in [0.1, 0.15) is 53.9 Å². The molecule has 5 rings (SSSR count). The fraction of sp³-hybridized carbons (Fsp3) is 0.267. The summed E-state index contributed by atoms with van der Waals surface area (Å²) >= 11 is 3.44. The molecule has 0 bridgehead atoms. The molecule has 8 heteroatoms. The molecule has 1 amide bonds. The first kappa shape index (κ1) is 25.9. The number of rotatable bonds is 9. The van der Waals surface area contributed by atoms with E-state index in [0.717, 1.165) is 23.7 Å². The summed E-state index contributed by atoms with van der Waals surface area (Å²) in [6.45, 7) is 2.72. The van der Waals surface area contributed by atoms with Gasteiger partial charge in [-0.25, -0.2) is 0 Å². The molecule has 0 radical (unpaired) electrons. The summed E-state index contributed by atoms with van der Waals surface area (Å²) in [4.78, 5) is 29.3. The van der Waals surface area contributed by atoms with Crippen LogP contribution >= 0.6 is 15.9 Å². The van der Waals surface area contributed by atoms with Crippen LogP contribution in [0.25, 0.3) is 11.0 Å². The zero-order valence-electron chi connectivity index (χ0n) is 21.5. The summed E-state index contributed by atoms with van der Waals surface area (Å²) in [6, 6.07) is 17.1. The zero-order valence-corrected chi connectivity index (χ0v) is 23.0. The van der Waals surface area contributed by atoms with Crippen LogP contribution in [0.5, 0.6) is 17.2 Å². The van der Waals surface area contributed by atoms with E-state index in [4.69, 9.17) is 18.6 Å². The van der Waals surface area contributed by atoms with E-state index in [1.54, 1.807) is 55.5 Å². The molecule has 0 spiro atoms. The lowest BCUT2D eigenvalue weighted by Crippen LogP contribution is -2.29. The van der Waals surface area contributed by atoms with Gasteiger partial charge in [0.2, 0.25) is 5.76 Å². The largest absolute Gasteiger partial charge is 0.497 e. The van der Waals surface area contributed by atoms with Gasteiger partial charge in [-0.1, -0.05) is 47.8 Å². The second-order valence-electron chi connectivity index (χ2n) is 9.06. The van der Waals surface area contributed by atoms with Crippen molar-refractivity contribution in [1.29, 1.82) is 0 Å². The van der Waals surface area contributed by atoms with Crippen molar-refractivity contribution in [3.63, 3.8) is 0 Å². The summed E-state index contributed by atoms with van der Waals surface area (Å²) in [5, 5.41) is 0.395. The van der Waals surface area contributed by atoms with Crippen LogP contribution in [0.2, 0.25) is 0 Å². The number of amides is 1. The number of nitrogens with zero attached hydrogens (tertiary/aromatic N) is 1. The van der Waals surface area contributed by atoms with Gasteiger partial charge in [0.05, 0.1) is 37.8 Å². The van der Waals surface area contributed by atoms with E-state index in [1.807, 2.05) is 24.3 Å². The first-order valence-electron chi connectivity index (χ1n) is 12.5. The van der Waals surface area contributed by atoms with Crippen LogP contribution in [-0.2, 0) is 0 Å². The molecule has 0 saturated heterocycles. The van der Waals surface area contributed by atoms with E-state index in [1.165, 1.54) is 0 Å². The van der Waals surface area contributed by atoms with Crippen molar-refractivity contribution in [1.82, 2.24) is 0 Å². The molecule has 1 unspecified atom stereocenters. The van der Waals surface area contributed by atoms with Gasteiger partial charge in [0, 0.05) is 16.2 Å². The van der Waals surface area contributed by atoms with Crippen molar-refractivity contribution in [2.45, 2.75) is 32.2 Å². The Kier molecular flexibility index (Phi) is 7.42. The Balaban J connectivity index is 1.68. The van der Waals surface area contributed by atoms with Crippen molar-refractivity contribution in [2.75, 3.05) is 25.7 Å². The molecule has 7 nitrogen and oxygen atoms in total. The summed E-state index contributed by atoms with van der Waals surface area (Å²) in [7, 11) is 3.14. The highest BCUT2D eigenvalue weighted by Gasteiger charge is 2.44. The van der Waals surface area contributed by atoms with E-state index >= 15 is 0 Å². The standard InChI is InChI=1S/C30H28BrNO6/c1-4-5-6-14-37-24-12-10-18(15-25(24)36-3)27-26-28(33)22-16-19(31)11-13-23(22)38-29(26)30(34)32(27)20-8-7-9-21(17-20)35-2/h7-13,15-17,27H,4-6,14H2,1-3H3. The summed E-state index contributed by atoms with van der Waals surface area (Å²) in [5.41, 5.74) is 1.64. The lowest BCUT2D eigenvalue weighted by molar-refractivity contribution is 0.0971. The lowest BCUT2D eigenvalue weighted by Gasteiger charge is -2.26. The Morgan fingerprint density at radius 3 is 2.55 bits per heavy atom. The zero-order chi connectivity index (χ0) is 26.8. The summed E-state index contributed by atoms with van der Waals surface area (Å²) < 4.78 is 23.8. The molecule has 1 atom stereocenters. The Labute approximate surface area is 229 Å². The second kappa shape index (κ2) is 10.9. The average Bonchev–Trinajstić information content (AvgIpc) is 3.23. The van der Waals surface area contributed by atoms with Crippen LogP contribution < -0.4 is 24.5 Å². The minimum absolute atomic E-state index is 0.0245. The highest BCUT2D eigenvalue weighted by atomic mass is 79.9. The average molecular weight is 578 g/mol. The SMILES string of the molecule is CCCCCOc1ccc(C2c3c(oc4ccc(Br)cc4c3=O)C(=O)N2c2cccc(OC)c2)cc1OC. The highest BCUT2D eigenvalue weighted by molar-refractivity contribution is 9.10. The minimum atomic E-state index is -0.743. The van der Waals surface area contributed by atoms with Crippen LogP contribution in [-0.4, -0.2) is 26.7 Å². The molecule has 1 aliphatic heterocycles. The van der Waals surface area contributed by atoms with Crippen LogP contribution in [0, 0.1) is 0 Å². The second-order valence-corrected chi connectivity index (χ2v) is 9.98. The molecule has 2 heterocycles. The molecule has 0 fully saturated rings. The summed E-state index contributed by atoms with van der Waals surface area (Å²) in [6.07, 6.45) is 3.12. The molecule has 0 N–H and O–H groups in total. The number of benzene rings is 3. The fourth-order valence-electron chi connectivity index (χ4n) is 4.79. The molecule has 1 aromatic heterocycles. The third kappa shape index (κ3) is 4.65. The minimum Gasteiger partial charge on any atom is -0.497 e. The van der Waals surface area contributed by atoms with Crippen molar-refractivity contribution in [3.05, 3.63) is 92.2 Å². The van der Waals surface area contributed by atoms with Crippen molar-refractivity contribution in [2.24, 2.45) is 0 Å². The van der Waals surface area contributed by atoms with Crippen molar-refractivity contribution in [3.8, 4) is 17.2 Å². The molecular weight excluding hydrogens is 550 g/mol. The van der Waals surface area contributed by atoms with E-state index in [0.29, 0.717) is 46.1 Å². The number of hydrogen-bond acceptors (Lipinski definition) is 6. The molecular formula is C30H28BrNO6. The number of fused-ring (bicyclic) bond motifs is 2. The molecule has 4 aromatic rings. The fourth-order valence-corrected chi connectivity index (χ4v) is 5.16. The number of carbonyl (C=O) groups is 1. The lowest BCUT2D eigenvalue weighted by atomic mass is 9.97. The maximum atomic E-state index is 13.9. The highest BCUT2D eigenvalue weighted by Crippen LogP contribution is 2.44. The Morgan fingerprint density at radius 2 is 1.79 bits per heavy atom. The molecule has 1 aliphatic rings. The Hall–Kier alpha value is -3.78. The topological polar surface area (TPSA) is 78.2 Å². The number of unbranched alkanes of at least 4 members (excludes halogenated alkanes) is 2. The monoisotopic (exact) mass is 577 g/mol. The van der Waals surface area contributed by atoms with E-state index < -0.39 is 11.9 Å². The van der Waals surface area contributed by atoms with Crippen LogP contribution in [0.4, 0.5) is 5.69 Å². The van der Waals surface area contributed by atoms with Gasteiger partial charge in [0.25, 0.3) is 5.91 Å². The van der Waals surface area contributed by atoms with Gasteiger partial charge >= 0.3 is 0 Å². The molecule has 0 saturated carbocycles. The number of methoxy groups -OCH3 is 2. The number of ether oxygens (including phenoxy) is 3. The van der Waals surface area contributed by atoms with Crippen molar-refractivity contribution < 1.29 is 23.4 Å². The van der Waals surface area contributed by atoms with Crippen LogP contribution in [0.3, 0.4) is 0 Å². The van der Waals surface area contributed by atoms with E-state index in [2.05, 4.69) is 22.9 Å². The van der Waals surface area contributed by atoms with Gasteiger partial charge in [0.15, 0.2) is 16.9 Å². The first-order chi connectivity index (χ1) is 18.5. The van der Waals surface area contributed by atoms with Gasteiger partial charge in [-0.05, 0) is 54.4 Å². The predicted molar refractivity (Wildman–Crippen MR) is 150 cm³/mol. The van der Waals surface area contributed by atoms with Gasteiger partial charge in [-0.3, -0.25) is 14.5 Å². The third-order valence-corrected chi connectivity index (χ3v) is 7.17. The van der Waals surface area contributed by atoms with Crippen molar-refractivity contribution >= 4 is 38.5 Å². The van der Waals surface area contributed by atoms with E-state index in [-0.39, 0.29) is 16.8 Å². The molecule has 3 aromatic carbocycles. The molecule has 0 aliphatic carbocycles. The van der Waals surface area contributed by atoms with E-state index in [9.17, 15) is 9.59 Å². The molecule has 38 heavy (non-hydrogen) atoms. The normalized spacial score (nSPS) is 14.6. The van der Waals surface area contributed by atoms with Gasteiger partial charge in [-0.15, -0.1) is 0 Å². The number of anilines is 1. The van der Waals surface area contributed by atoms with Gasteiger partial charge < -0.3 is 18.6 Å².